The topological polar surface area (TPSA) is 59.6 Å². The van der Waals surface area contributed by atoms with E-state index in [-0.39, 0.29) is 19.2 Å². The predicted octanol–water partition coefficient (Wildman–Crippen LogP) is 1.74. The number of hydrogen-bond acceptors (Lipinski definition) is 4. The summed E-state index contributed by atoms with van der Waals surface area (Å²) in [4.78, 5) is 11.5. The minimum Gasteiger partial charge on any atom is -0.454 e. The smallest absolute Gasteiger partial charge is 0.239 e. The van der Waals surface area contributed by atoms with E-state index in [2.05, 4.69) is 17.6 Å². The van der Waals surface area contributed by atoms with Gasteiger partial charge in [-0.2, -0.15) is 0 Å². The molecule has 0 atom stereocenters. The van der Waals surface area contributed by atoms with Gasteiger partial charge < -0.3 is 20.1 Å². The van der Waals surface area contributed by atoms with E-state index in [1.165, 1.54) is 0 Å². The number of benzene rings is 1. The number of ether oxygens (including phenoxy) is 2. The Hall–Kier alpha value is -1.91. The summed E-state index contributed by atoms with van der Waals surface area (Å²) in [5, 5.41) is 5.90. The van der Waals surface area contributed by atoms with Crippen LogP contribution in [0.3, 0.4) is 0 Å². The molecular weight excluding hydrogens is 232 g/mol. The van der Waals surface area contributed by atoms with Crippen molar-refractivity contribution in [3.05, 3.63) is 18.2 Å². The van der Waals surface area contributed by atoms with E-state index in [0.717, 1.165) is 30.8 Å². The number of anilines is 1. The van der Waals surface area contributed by atoms with Gasteiger partial charge in [-0.1, -0.05) is 13.3 Å². The Kier molecular flexibility index (Phi) is 4.28. The Morgan fingerprint density at radius 1 is 1.33 bits per heavy atom. The molecule has 18 heavy (non-hydrogen) atoms. The summed E-state index contributed by atoms with van der Waals surface area (Å²) in [5.74, 6) is 1.46. The molecule has 2 rings (SSSR count). The molecule has 1 aliphatic rings. The maximum atomic E-state index is 11.5. The molecule has 1 aromatic rings. The Morgan fingerprint density at radius 2 is 2.17 bits per heavy atom. The van der Waals surface area contributed by atoms with Crippen molar-refractivity contribution in [1.82, 2.24) is 5.32 Å². The van der Waals surface area contributed by atoms with Gasteiger partial charge in [-0.05, 0) is 18.6 Å². The highest BCUT2D eigenvalue weighted by molar-refractivity contribution is 5.80. The summed E-state index contributed by atoms with van der Waals surface area (Å²) in [6.07, 6.45) is 2.09. The van der Waals surface area contributed by atoms with E-state index in [1.807, 2.05) is 18.2 Å². The van der Waals surface area contributed by atoms with Gasteiger partial charge in [0.2, 0.25) is 12.7 Å². The lowest BCUT2D eigenvalue weighted by Crippen LogP contribution is -2.30. The minimum absolute atomic E-state index is 0.00103. The molecule has 5 nitrogen and oxygen atoms in total. The first-order chi connectivity index (χ1) is 8.79. The monoisotopic (exact) mass is 250 g/mol. The van der Waals surface area contributed by atoms with Crippen LogP contribution in [0.2, 0.25) is 0 Å². The van der Waals surface area contributed by atoms with Crippen LogP contribution in [0.25, 0.3) is 0 Å². The number of carbonyl (C=O) groups excluding carboxylic acids is 1. The Labute approximate surface area is 106 Å². The van der Waals surface area contributed by atoms with Crippen LogP contribution in [-0.4, -0.2) is 25.8 Å². The van der Waals surface area contributed by atoms with Crippen LogP contribution in [-0.2, 0) is 4.79 Å². The summed E-state index contributed by atoms with van der Waals surface area (Å²) in [7, 11) is 0. The second-order valence-corrected chi connectivity index (χ2v) is 4.13. The summed E-state index contributed by atoms with van der Waals surface area (Å²) < 4.78 is 10.5. The number of fused-ring (bicyclic) bond motifs is 1. The molecule has 1 heterocycles. The molecule has 98 valence electrons. The highest BCUT2D eigenvalue weighted by atomic mass is 16.7. The average Bonchev–Trinajstić information content (AvgIpc) is 2.84. The average molecular weight is 250 g/mol. The van der Waals surface area contributed by atoms with Gasteiger partial charge in [-0.3, -0.25) is 4.79 Å². The fourth-order valence-corrected chi connectivity index (χ4v) is 1.66. The van der Waals surface area contributed by atoms with Crippen LogP contribution in [0.1, 0.15) is 19.8 Å². The summed E-state index contributed by atoms with van der Waals surface area (Å²) in [5.41, 5.74) is 0.852. The number of nitrogens with one attached hydrogen (secondary N) is 2. The molecule has 1 aromatic carbocycles. The molecule has 0 aromatic heterocycles. The van der Waals surface area contributed by atoms with Gasteiger partial charge in [-0.15, -0.1) is 0 Å². The summed E-state index contributed by atoms with van der Waals surface area (Å²) >= 11 is 0. The van der Waals surface area contributed by atoms with Gasteiger partial charge in [0.15, 0.2) is 11.5 Å². The fraction of sp³-hybridized carbons (Fsp3) is 0.462. The van der Waals surface area contributed by atoms with Gasteiger partial charge in [0, 0.05) is 18.3 Å². The van der Waals surface area contributed by atoms with Crippen molar-refractivity contribution in [2.45, 2.75) is 19.8 Å². The number of hydrogen-bond donors (Lipinski definition) is 2. The van der Waals surface area contributed by atoms with E-state index >= 15 is 0 Å². The molecule has 0 radical (unpaired) electrons. The standard InChI is InChI=1S/C13H18N2O3/c1-2-3-6-14-13(16)8-15-10-4-5-11-12(7-10)18-9-17-11/h4-5,7,15H,2-3,6,8-9H2,1H3,(H,14,16). The highest BCUT2D eigenvalue weighted by Gasteiger charge is 2.13. The second-order valence-electron chi connectivity index (χ2n) is 4.13. The quantitative estimate of drug-likeness (QED) is 0.755. The number of amides is 1. The Balaban J connectivity index is 1.78. The van der Waals surface area contributed by atoms with Gasteiger partial charge in [0.1, 0.15) is 0 Å². The van der Waals surface area contributed by atoms with E-state index in [9.17, 15) is 4.79 Å². The fourth-order valence-electron chi connectivity index (χ4n) is 1.66. The van der Waals surface area contributed by atoms with E-state index in [1.54, 1.807) is 0 Å². The van der Waals surface area contributed by atoms with Crippen LogP contribution in [0.5, 0.6) is 11.5 Å². The third kappa shape index (κ3) is 3.29. The molecule has 0 spiro atoms. The molecular formula is C13H18N2O3. The van der Waals surface area contributed by atoms with Crippen molar-refractivity contribution in [3.8, 4) is 11.5 Å². The van der Waals surface area contributed by atoms with Gasteiger partial charge in [-0.25, -0.2) is 0 Å². The lowest BCUT2D eigenvalue weighted by molar-refractivity contribution is -0.119. The minimum atomic E-state index is 0.00103. The van der Waals surface area contributed by atoms with Crippen LogP contribution >= 0.6 is 0 Å². The number of rotatable bonds is 6. The first-order valence-electron chi connectivity index (χ1n) is 6.20. The highest BCUT2D eigenvalue weighted by Crippen LogP contribution is 2.33. The normalized spacial score (nSPS) is 12.3. The van der Waals surface area contributed by atoms with Crippen molar-refractivity contribution in [1.29, 1.82) is 0 Å². The maximum Gasteiger partial charge on any atom is 0.239 e. The van der Waals surface area contributed by atoms with Crippen molar-refractivity contribution < 1.29 is 14.3 Å². The van der Waals surface area contributed by atoms with Gasteiger partial charge in [0.25, 0.3) is 0 Å². The first kappa shape index (κ1) is 12.5. The molecule has 0 bridgehead atoms. The molecule has 0 unspecified atom stereocenters. The second kappa shape index (κ2) is 6.14. The Morgan fingerprint density at radius 3 is 3.00 bits per heavy atom. The zero-order valence-electron chi connectivity index (χ0n) is 10.5. The largest absolute Gasteiger partial charge is 0.454 e. The molecule has 5 heteroatoms. The third-order valence-electron chi connectivity index (χ3n) is 2.68. The molecule has 0 saturated carbocycles. The molecule has 0 fully saturated rings. The van der Waals surface area contributed by atoms with Crippen molar-refractivity contribution in [3.63, 3.8) is 0 Å². The van der Waals surface area contributed by atoms with E-state index in [0.29, 0.717) is 5.75 Å². The number of carbonyl (C=O) groups is 1. The third-order valence-corrected chi connectivity index (χ3v) is 2.68. The Bertz CT molecular complexity index is 421. The van der Waals surface area contributed by atoms with Crippen LogP contribution in [0.15, 0.2) is 18.2 Å². The van der Waals surface area contributed by atoms with E-state index < -0.39 is 0 Å². The summed E-state index contributed by atoms with van der Waals surface area (Å²) in [6.45, 7) is 3.36. The van der Waals surface area contributed by atoms with Crippen molar-refractivity contribution >= 4 is 11.6 Å². The lowest BCUT2D eigenvalue weighted by Gasteiger charge is -2.07. The van der Waals surface area contributed by atoms with Crippen LogP contribution < -0.4 is 20.1 Å². The van der Waals surface area contributed by atoms with Crippen LogP contribution in [0.4, 0.5) is 5.69 Å². The van der Waals surface area contributed by atoms with Crippen molar-refractivity contribution in [2.24, 2.45) is 0 Å². The van der Waals surface area contributed by atoms with Gasteiger partial charge >= 0.3 is 0 Å². The maximum absolute atomic E-state index is 11.5. The van der Waals surface area contributed by atoms with Crippen molar-refractivity contribution in [2.75, 3.05) is 25.2 Å². The lowest BCUT2D eigenvalue weighted by atomic mass is 10.3. The zero-order chi connectivity index (χ0) is 12.8. The predicted molar refractivity (Wildman–Crippen MR) is 69.0 cm³/mol. The summed E-state index contributed by atoms with van der Waals surface area (Å²) in [6, 6.07) is 5.54. The van der Waals surface area contributed by atoms with E-state index in [4.69, 9.17) is 9.47 Å². The SMILES string of the molecule is CCCCNC(=O)CNc1ccc2c(c1)OCO2. The molecule has 1 amide bonds. The van der Waals surface area contributed by atoms with Crippen LogP contribution in [0, 0.1) is 0 Å². The molecule has 0 aliphatic carbocycles. The molecule has 2 N–H and O–H groups in total. The number of unbranched alkanes of at least 4 members (excludes halogenated alkanes) is 1. The molecule has 1 aliphatic heterocycles. The first-order valence-corrected chi connectivity index (χ1v) is 6.20. The van der Waals surface area contributed by atoms with Gasteiger partial charge in [0.05, 0.1) is 6.54 Å². The zero-order valence-corrected chi connectivity index (χ0v) is 10.5. The molecule has 0 saturated heterocycles.